The Balaban J connectivity index is 2.27. The molecular weight excluding hydrogens is 188 g/mol. The topological polar surface area (TPSA) is 45.1 Å². The Morgan fingerprint density at radius 2 is 2.27 bits per heavy atom. The molecule has 0 radical (unpaired) electrons. The largest absolute Gasteiger partial charge is 0.506 e. The van der Waals surface area contributed by atoms with Crippen molar-refractivity contribution in [3.05, 3.63) is 24.0 Å². The normalized spacial score (nSPS) is 12.7. The summed E-state index contributed by atoms with van der Waals surface area (Å²) in [7, 11) is 0. The number of nitrogens with zero attached hydrogens (tertiary/aromatic N) is 1. The minimum atomic E-state index is 0.220. The molecule has 0 fully saturated rings. The molecule has 0 aliphatic carbocycles. The smallest absolute Gasteiger partial charge is 0.133 e. The first-order valence-electron chi connectivity index (χ1n) is 5.59. The molecule has 15 heavy (non-hydrogen) atoms. The molecule has 2 N–H and O–H groups in total. The predicted octanol–water partition coefficient (Wildman–Crippen LogP) is 2.46. The van der Waals surface area contributed by atoms with Gasteiger partial charge in [-0.3, -0.25) is 4.98 Å². The van der Waals surface area contributed by atoms with Gasteiger partial charge in [-0.2, -0.15) is 0 Å². The van der Waals surface area contributed by atoms with E-state index in [0.717, 1.165) is 12.2 Å². The highest BCUT2D eigenvalue weighted by molar-refractivity contribution is 5.17. The first-order valence-corrected chi connectivity index (χ1v) is 5.59. The van der Waals surface area contributed by atoms with Gasteiger partial charge < -0.3 is 10.4 Å². The molecule has 3 nitrogen and oxygen atoms in total. The Bertz CT molecular complexity index is 271. The van der Waals surface area contributed by atoms with E-state index in [1.807, 2.05) is 6.07 Å². The minimum Gasteiger partial charge on any atom is -0.506 e. The van der Waals surface area contributed by atoms with Crippen LogP contribution < -0.4 is 5.32 Å². The third-order valence-corrected chi connectivity index (χ3v) is 2.43. The van der Waals surface area contributed by atoms with Crippen molar-refractivity contribution in [3.63, 3.8) is 0 Å². The van der Waals surface area contributed by atoms with Crippen molar-refractivity contribution in [1.82, 2.24) is 10.3 Å². The Morgan fingerprint density at radius 1 is 1.47 bits per heavy atom. The van der Waals surface area contributed by atoms with E-state index in [-0.39, 0.29) is 5.75 Å². The molecule has 84 valence electrons. The van der Waals surface area contributed by atoms with Crippen LogP contribution in [-0.4, -0.2) is 16.1 Å². The van der Waals surface area contributed by atoms with Crippen molar-refractivity contribution in [1.29, 1.82) is 0 Å². The van der Waals surface area contributed by atoms with E-state index in [2.05, 4.69) is 24.1 Å². The van der Waals surface area contributed by atoms with Crippen LogP contribution in [0.3, 0.4) is 0 Å². The summed E-state index contributed by atoms with van der Waals surface area (Å²) in [5, 5.41) is 12.5. The molecule has 1 rings (SSSR count). The van der Waals surface area contributed by atoms with Crippen LogP contribution >= 0.6 is 0 Å². The number of rotatable bonds is 6. The summed E-state index contributed by atoms with van der Waals surface area (Å²) in [4.78, 5) is 4.12. The predicted molar refractivity (Wildman–Crippen MR) is 61.7 cm³/mol. The van der Waals surface area contributed by atoms with E-state index >= 15 is 0 Å². The monoisotopic (exact) mass is 208 g/mol. The van der Waals surface area contributed by atoms with E-state index < -0.39 is 0 Å². The van der Waals surface area contributed by atoms with Crippen LogP contribution in [0.5, 0.6) is 5.75 Å². The molecule has 1 unspecified atom stereocenters. The molecular formula is C12H20N2O. The zero-order valence-corrected chi connectivity index (χ0v) is 9.53. The van der Waals surface area contributed by atoms with E-state index in [1.54, 1.807) is 6.07 Å². The van der Waals surface area contributed by atoms with Gasteiger partial charge in [0.05, 0.1) is 11.9 Å². The van der Waals surface area contributed by atoms with Crippen molar-refractivity contribution in [2.75, 3.05) is 0 Å². The van der Waals surface area contributed by atoms with Crippen LogP contribution in [-0.2, 0) is 6.54 Å². The van der Waals surface area contributed by atoms with E-state index in [4.69, 9.17) is 5.11 Å². The molecule has 1 aromatic heterocycles. The van der Waals surface area contributed by atoms with Gasteiger partial charge in [-0.1, -0.05) is 19.8 Å². The van der Waals surface area contributed by atoms with Gasteiger partial charge in [-0.25, -0.2) is 0 Å². The quantitative estimate of drug-likeness (QED) is 0.754. The molecule has 1 heterocycles. The summed E-state index contributed by atoms with van der Waals surface area (Å²) in [5.74, 6) is 0.220. The van der Waals surface area contributed by atoms with Crippen LogP contribution in [0.2, 0.25) is 0 Å². The maximum absolute atomic E-state index is 9.07. The van der Waals surface area contributed by atoms with Gasteiger partial charge in [-0.05, 0) is 25.5 Å². The van der Waals surface area contributed by atoms with Gasteiger partial charge in [0.25, 0.3) is 0 Å². The molecule has 1 atom stereocenters. The lowest BCUT2D eigenvalue weighted by Crippen LogP contribution is -2.25. The van der Waals surface area contributed by atoms with Crippen LogP contribution in [0.15, 0.2) is 18.3 Å². The lowest BCUT2D eigenvalue weighted by molar-refractivity contribution is 0.469. The molecule has 0 saturated heterocycles. The van der Waals surface area contributed by atoms with Gasteiger partial charge in [0.2, 0.25) is 0 Å². The maximum atomic E-state index is 9.07. The minimum absolute atomic E-state index is 0.220. The zero-order valence-electron chi connectivity index (χ0n) is 9.53. The molecule has 0 aliphatic heterocycles. The number of hydrogen-bond acceptors (Lipinski definition) is 3. The third-order valence-electron chi connectivity index (χ3n) is 2.43. The fourth-order valence-electron chi connectivity index (χ4n) is 1.41. The average molecular weight is 208 g/mol. The second kappa shape index (κ2) is 6.40. The van der Waals surface area contributed by atoms with Crippen molar-refractivity contribution in [2.45, 2.75) is 45.7 Å². The highest BCUT2D eigenvalue weighted by Gasteiger charge is 2.01. The third kappa shape index (κ3) is 4.79. The first-order chi connectivity index (χ1) is 7.22. The molecule has 0 saturated carbocycles. The van der Waals surface area contributed by atoms with Gasteiger partial charge in [0.1, 0.15) is 5.75 Å². The summed E-state index contributed by atoms with van der Waals surface area (Å²) >= 11 is 0. The Kier molecular flexibility index (Phi) is 5.12. The van der Waals surface area contributed by atoms with Crippen LogP contribution in [0.1, 0.15) is 38.8 Å². The lowest BCUT2D eigenvalue weighted by Gasteiger charge is -2.12. The van der Waals surface area contributed by atoms with E-state index in [9.17, 15) is 0 Å². The summed E-state index contributed by atoms with van der Waals surface area (Å²) < 4.78 is 0. The highest BCUT2D eigenvalue weighted by atomic mass is 16.3. The Hall–Kier alpha value is -1.09. The maximum Gasteiger partial charge on any atom is 0.133 e. The van der Waals surface area contributed by atoms with Crippen LogP contribution in [0.4, 0.5) is 0 Å². The zero-order chi connectivity index (χ0) is 11.1. The molecule has 0 aromatic carbocycles. The molecule has 1 aromatic rings. The van der Waals surface area contributed by atoms with Crippen molar-refractivity contribution < 1.29 is 5.11 Å². The average Bonchev–Trinajstić information content (AvgIpc) is 2.25. The SMILES string of the molecule is CCCCC(C)NCc1ccc(O)cn1. The number of hydrogen-bond donors (Lipinski definition) is 2. The van der Waals surface area contributed by atoms with Crippen LogP contribution in [0.25, 0.3) is 0 Å². The molecule has 0 bridgehead atoms. The molecule has 0 aliphatic rings. The van der Waals surface area contributed by atoms with Gasteiger partial charge in [0.15, 0.2) is 0 Å². The standard InChI is InChI=1S/C12H20N2O/c1-3-4-5-10(2)13-8-11-6-7-12(15)9-14-11/h6-7,9-10,13,15H,3-5,8H2,1-2H3. The highest BCUT2D eigenvalue weighted by Crippen LogP contribution is 2.06. The molecule has 0 spiro atoms. The van der Waals surface area contributed by atoms with Gasteiger partial charge in [-0.15, -0.1) is 0 Å². The second-order valence-electron chi connectivity index (χ2n) is 3.93. The van der Waals surface area contributed by atoms with E-state index in [1.165, 1.54) is 25.5 Å². The molecule has 0 amide bonds. The Labute approximate surface area is 91.5 Å². The van der Waals surface area contributed by atoms with Crippen molar-refractivity contribution in [3.8, 4) is 5.75 Å². The van der Waals surface area contributed by atoms with Gasteiger partial charge >= 0.3 is 0 Å². The Morgan fingerprint density at radius 3 is 2.87 bits per heavy atom. The van der Waals surface area contributed by atoms with Crippen molar-refractivity contribution >= 4 is 0 Å². The number of nitrogens with one attached hydrogen (secondary N) is 1. The fraction of sp³-hybridized carbons (Fsp3) is 0.583. The van der Waals surface area contributed by atoms with Crippen molar-refractivity contribution in [2.24, 2.45) is 0 Å². The summed E-state index contributed by atoms with van der Waals surface area (Å²) in [6, 6.07) is 4.04. The van der Waals surface area contributed by atoms with E-state index in [0.29, 0.717) is 6.04 Å². The second-order valence-corrected chi connectivity index (χ2v) is 3.93. The summed E-state index contributed by atoms with van der Waals surface area (Å²) in [6.07, 6.45) is 5.18. The lowest BCUT2D eigenvalue weighted by atomic mass is 10.1. The number of unbranched alkanes of at least 4 members (excludes halogenated alkanes) is 1. The van der Waals surface area contributed by atoms with Gasteiger partial charge in [0, 0.05) is 12.6 Å². The number of aromatic nitrogens is 1. The summed E-state index contributed by atoms with van der Waals surface area (Å²) in [5.41, 5.74) is 0.969. The fourth-order valence-corrected chi connectivity index (χ4v) is 1.41. The number of aromatic hydroxyl groups is 1. The number of pyridine rings is 1. The van der Waals surface area contributed by atoms with Crippen LogP contribution in [0, 0.1) is 0 Å². The summed E-state index contributed by atoms with van der Waals surface area (Å²) in [6.45, 7) is 5.16. The first kappa shape index (κ1) is 12.0. The molecule has 3 heteroatoms.